The van der Waals surface area contributed by atoms with Gasteiger partial charge in [-0.05, 0) is 37.5 Å². The van der Waals surface area contributed by atoms with E-state index in [9.17, 15) is 9.59 Å². The predicted molar refractivity (Wildman–Crippen MR) is 74.4 cm³/mol. The van der Waals surface area contributed by atoms with Gasteiger partial charge in [-0.1, -0.05) is 25.5 Å². The van der Waals surface area contributed by atoms with Crippen LogP contribution in [0.3, 0.4) is 0 Å². The molecule has 3 N–H and O–H groups in total. The van der Waals surface area contributed by atoms with Crippen LogP contribution in [0.2, 0.25) is 0 Å². The van der Waals surface area contributed by atoms with Crippen LogP contribution in [0.1, 0.15) is 30.9 Å². The van der Waals surface area contributed by atoms with Crippen molar-refractivity contribution in [2.24, 2.45) is 0 Å². The molecule has 1 atom stereocenters. The molecule has 104 valence electrons. The van der Waals surface area contributed by atoms with E-state index in [4.69, 9.17) is 5.11 Å². The zero-order valence-electron chi connectivity index (χ0n) is 11.5. The molecule has 0 radical (unpaired) electrons. The Morgan fingerprint density at radius 3 is 2.58 bits per heavy atom. The molecule has 0 aliphatic rings. The smallest absolute Gasteiger partial charge is 0.326 e. The summed E-state index contributed by atoms with van der Waals surface area (Å²) in [7, 11) is 0. The van der Waals surface area contributed by atoms with Crippen molar-refractivity contribution in [1.29, 1.82) is 0 Å². The van der Waals surface area contributed by atoms with Crippen molar-refractivity contribution in [1.82, 2.24) is 5.32 Å². The third-order valence-corrected chi connectivity index (χ3v) is 3.03. The van der Waals surface area contributed by atoms with Crippen LogP contribution in [-0.2, 0) is 4.79 Å². The van der Waals surface area contributed by atoms with E-state index in [1.807, 2.05) is 32.9 Å². The van der Waals surface area contributed by atoms with Crippen molar-refractivity contribution in [2.45, 2.75) is 39.7 Å². The Morgan fingerprint density at radius 1 is 1.32 bits per heavy atom. The SMILES string of the molecule is CCC[C@H](NC(=O)Nc1cccc(C)c1C)C(=O)O. The summed E-state index contributed by atoms with van der Waals surface area (Å²) in [6.45, 7) is 5.74. The molecular formula is C14H20N2O3. The lowest BCUT2D eigenvalue weighted by atomic mass is 10.1. The minimum Gasteiger partial charge on any atom is -0.480 e. The van der Waals surface area contributed by atoms with Gasteiger partial charge in [-0.25, -0.2) is 9.59 Å². The first-order valence-corrected chi connectivity index (χ1v) is 6.32. The fourth-order valence-corrected chi connectivity index (χ4v) is 1.75. The van der Waals surface area contributed by atoms with Gasteiger partial charge in [0, 0.05) is 5.69 Å². The Morgan fingerprint density at radius 2 is 2.00 bits per heavy atom. The molecule has 0 unspecified atom stereocenters. The van der Waals surface area contributed by atoms with Crippen LogP contribution < -0.4 is 10.6 Å². The number of amides is 2. The highest BCUT2D eigenvalue weighted by atomic mass is 16.4. The highest BCUT2D eigenvalue weighted by molar-refractivity contribution is 5.93. The predicted octanol–water partition coefficient (Wildman–Crippen LogP) is 2.68. The molecule has 0 saturated carbocycles. The number of hydrogen-bond acceptors (Lipinski definition) is 2. The van der Waals surface area contributed by atoms with Gasteiger partial charge in [0.15, 0.2) is 0 Å². The summed E-state index contributed by atoms with van der Waals surface area (Å²) in [6, 6.07) is 4.25. The Labute approximate surface area is 113 Å². The van der Waals surface area contributed by atoms with E-state index in [-0.39, 0.29) is 0 Å². The minimum absolute atomic E-state index is 0.412. The van der Waals surface area contributed by atoms with Crippen LogP contribution in [-0.4, -0.2) is 23.1 Å². The van der Waals surface area contributed by atoms with E-state index in [2.05, 4.69) is 10.6 Å². The lowest BCUT2D eigenvalue weighted by Gasteiger charge is -2.15. The lowest BCUT2D eigenvalue weighted by molar-refractivity contribution is -0.139. The molecule has 1 aromatic rings. The molecule has 19 heavy (non-hydrogen) atoms. The number of carboxylic acid groups (broad SMARTS) is 1. The fourth-order valence-electron chi connectivity index (χ4n) is 1.75. The number of rotatable bonds is 5. The number of aliphatic carboxylic acids is 1. The molecule has 0 fully saturated rings. The number of benzene rings is 1. The summed E-state index contributed by atoms with van der Waals surface area (Å²) < 4.78 is 0. The zero-order chi connectivity index (χ0) is 14.4. The molecule has 0 aliphatic heterocycles. The molecule has 0 heterocycles. The summed E-state index contributed by atoms with van der Waals surface area (Å²) in [5.41, 5.74) is 2.74. The number of urea groups is 1. The second-order valence-corrected chi connectivity index (χ2v) is 4.53. The molecule has 0 aromatic heterocycles. The van der Waals surface area contributed by atoms with Crippen LogP contribution in [0.25, 0.3) is 0 Å². The van der Waals surface area contributed by atoms with Crippen molar-refractivity contribution in [3.05, 3.63) is 29.3 Å². The summed E-state index contributed by atoms with van der Waals surface area (Å²) in [4.78, 5) is 22.7. The second-order valence-electron chi connectivity index (χ2n) is 4.53. The Hall–Kier alpha value is -2.04. The lowest BCUT2D eigenvalue weighted by Crippen LogP contribution is -2.43. The highest BCUT2D eigenvalue weighted by Gasteiger charge is 2.18. The van der Waals surface area contributed by atoms with Crippen molar-refractivity contribution in [3.8, 4) is 0 Å². The molecule has 0 spiro atoms. The maximum absolute atomic E-state index is 11.8. The van der Waals surface area contributed by atoms with Gasteiger partial charge in [0.05, 0.1) is 0 Å². The number of aryl methyl sites for hydroxylation is 1. The van der Waals surface area contributed by atoms with E-state index in [1.165, 1.54) is 0 Å². The van der Waals surface area contributed by atoms with Crippen molar-refractivity contribution >= 4 is 17.7 Å². The van der Waals surface area contributed by atoms with E-state index < -0.39 is 18.0 Å². The molecule has 1 rings (SSSR count). The van der Waals surface area contributed by atoms with Crippen LogP contribution in [0.15, 0.2) is 18.2 Å². The molecule has 1 aromatic carbocycles. The summed E-state index contributed by atoms with van der Waals surface area (Å²) in [5.74, 6) is -1.02. The third kappa shape index (κ3) is 4.28. The number of carbonyl (C=O) groups excluding carboxylic acids is 1. The molecule has 2 amide bonds. The standard InChI is InChI=1S/C14H20N2O3/c1-4-6-12(13(17)18)16-14(19)15-11-8-5-7-9(2)10(11)3/h5,7-8,12H,4,6H2,1-3H3,(H,17,18)(H2,15,16,19)/t12-/m0/s1. The molecule has 5 nitrogen and oxygen atoms in total. The van der Waals surface area contributed by atoms with E-state index in [1.54, 1.807) is 6.07 Å². The largest absolute Gasteiger partial charge is 0.480 e. The number of anilines is 1. The van der Waals surface area contributed by atoms with E-state index in [0.29, 0.717) is 18.5 Å². The average molecular weight is 264 g/mol. The zero-order valence-corrected chi connectivity index (χ0v) is 11.5. The number of nitrogens with one attached hydrogen (secondary N) is 2. The van der Waals surface area contributed by atoms with Crippen LogP contribution in [0, 0.1) is 13.8 Å². The Kier molecular flexibility index (Phi) is 5.36. The highest BCUT2D eigenvalue weighted by Crippen LogP contribution is 2.17. The molecule has 0 aliphatic carbocycles. The van der Waals surface area contributed by atoms with Crippen molar-refractivity contribution in [3.63, 3.8) is 0 Å². The first kappa shape index (κ1) is 15.0. The topological polar surface area (TPSA) is 78.4 Å². The van der Waals surface area contributed by atoms with Crippen LogP contribution in [0.5, 0.6) is 0 Å². The fraction of sp³-hybridized carbons (Fsp3) is 0.429. The molecule has 0 bridgehead atoms. The Balaban J connectivity index is 2.69. The number of carboxylic acids is 1. The first-order valence-electron chi connectivity index (χ1n) is 6.32. The molecular weight excluding hydrogens is 244 g/mol. The first-order chi connectivity index (χ1) is 8.95. The minimum atomic E-state index is -1.02. The van der Waals surface area contributed by atoms with Gasteiger partial charge in [-0.2, -0.15) is 0 Å². The molecule has 5 heteroatoms. The van der Waals surface area contributed by atoms with Crippen molar-refractivity contribution in [2.75, 3.05) is 5.32 Å². The van der Waals surface area contributed by atoms with Gasteiger partial charge >= 0.3 is 12.0 Å². The van der Waals surface area contributed by atoms with Gasteiger partial charge < -0.3 is 15.7 Å². The average Bonchev–Trinajstić information content (AvgIpc) is 2.34. The van der Waals surface area contributed by atoms with Gasteiger partial charge in [0.2, 0.25) is 0 Å². The second kappa shape index (κ2) is 6.78. The summed E-state index contributed by atoms with van der Waals surface area (Å²) >= 11 is 0. The Bertz CT molecular complexity index is 472. The monoisotopic (exact) mass is 264 g/mol. The summed E-state index contributed by atoms with van der Waals surface area (Å²) in [5, 5.41) is 14.1. The van der Waals surface area contributed by atoms with E-state index >= 15 is 0 Å². The van der Waals surface area contributed by atoms with E-state index in [0.717, 1.165) is 11.1 Å². The normalized spacial score (nSPS) is 11.7. The van der Waals surface area contributed by atoms with Gasteiger partial charge in [-0.3, -0.25) is 0 Å². The number of carbonyl (C=O) groups is 2. The van der Waals surface area contributed by atoms with Crippen molar-refractivity contribution < 1.29 is 14.7 Å². The van der Waals surface area contributed by atoms with Crippen LogP contribution >= 0.6 is 0 Å². The quantitative estimate of drug-likeness (QED) is 0.765. The maximum atomic E-state index is 11.8. The van der Waals surface area contributed by atoms with Crippen LogP contribution in [0.4, 0.5) is 10.5 Å². The van der Waals surface area contributed by atoms with Gasteiger partial charge in [0.1, 0.15) is 6.04 Å². The van der Waals surface area contributed by atoms with Gasteiger partial charge in [0.25, 0.3) is 0 Å². The summed E-state index contributed by atoms with van der Waals surface area (Å²) in [6.07, 6.45) is 1.11. The van der Waals surface area contributed by atoms with Gasteiger partial charge in [-0.15, -0.1) is 0 Å². The number of hydrogen-bond donors (Lipinski definition) is 3. The maximum Gasteiger partial charge on any atom is 0.326 e. The molecule has 0 saturated heterocycles. The third-order valence-electron chi connectivity index (χ3n) is 3.03.